The Balaban J connectivity index is 2.13. The lowest BCUT2D eigenvalue weighted by molar-refractivity contribution is -0.162. The third-order valence-electron chi connectivity index (χ3n) is 8.24. The van der Waals surface area contributed by atoms with Crippen LogP contribution in [0.1, 0.15) is 66.7 Å². The van der Waals surface area contributed by atoms with Gasteiger partial charge in [-0.05, 0) is 45.4 Å². The lowest BCUT2D eigenvalue weighted by atomic mass is 9.66. The van der Waals surface area contributed by atoms with Gasteiger partial charge in [0.25, 0.3) is 0 Å². The molecule has 3 rings (SSSR count). The summed E-state index contributed by atoms with van der Waals surface area (Å²) < 4.78 is 12.1. The van der Waals surface area contributed by atoms with Crippen LogP contribution in [0.2, 0.25) is 0 Å². The molecule has 7 atom stereocenters. The number of rotatable bonds is 13. The van der Waals surface area contributed by atoms with Crippen molar-refractivity contribution in [1.82, 2.24) is 9.80 Å². The molecule has 0 aromatic heterocycles. The topological polar surface area (TPSA) is 96.4 Å². The number of aliphatic hydroxyl groups excluding tert-OH is 1. The van der Waals surface area contributed by atoms with Gasteiger partial charge in [-0.1, -0.05) is 45.9 Å². The number of amides is 2. The molecular formula is C28H44N2O6. The molecule has 1 spiro atoms. The summed E-state index contributed by atoms with van der Waals surface area (Å²) in [6.07, 6.45) is 6.46. The average Bonchev–Trinajstić information content (AvgIpc) is 3.39. The van der Waals surface area contributed by atoms with E-state index in [1.165, 1.54) is 6.08 Å². The number of hydrogen-bond donors (Lipinski definition) is 1. The maximum absolute atomic E-state index is 14.4. The summed E-state index contributed by atoms with van der Waals surface area (Å²) in [7, 11) is 0. The van der Waals surface area contributed by atoms with Gasteiger partial charge < -0.3 is 24.4 Å². The van der Waals surface area contributed by atoms with Gasteiger partial charge in [-0.15, -0.1) is 6.58 Å². The quantitative estimate of drug-likeness (QED) is 0.306. The van der Waals surface area contributed by atoms with Crippen LogP contribution in [-0.2, 0) is 23.9 Å². The number of aliphatic hydroxyl groups is 1. The first kappa shape index (κ1) is 28.4. The lowest BCUT2D eigenvalue weighted by Crippen LogP contribution is -2.60. The van der Waals surface area contributed by atoms with Gasteiger partial charge in [-0.3, -0.25) is 14.4 Å². The number of esters is 1. The molecule has 0 aromatic rings. The van der Waals surface area contributed by atoms with E-state index in [2.05, 4.69) is 20.1 Å². The van der Waals surface area contributed by atoms with Gasteiger partial charge in [0.1, 0.15) is 24.2 Å². The van der Waals surface area contributed by atoms with Crippen LogP contribution in [0.15, 0.2) is 25.3 Å². The van der Waals surface area contributed by atoms with Crippen molar-refractivity contribution in [1.29, 1.82) is 0 Å². The molecule has 3 unspecified atom stereocenters. The van der Waals surface area contributed by atoms with E-state index in [9.17, 15) is 19.5 Å². The van der Waals surface area contributed by atoms with Crippen molar-refractivity contribution in [3.05, 3.63) is 25.3 Å². The molecular weight excluding hydrogens is 460 g/mol. The van der Waals surface area contributed by atoms with Gasteiger partial charge in [-0.25, -0.2) is 0 Å². The fraction of sp³-hybridized carbons (Fsp3) is 0.750. The molecule has 202 valence electrons. The van der Waals surface area contributed by atoms with E-state index in [4.69, 9.17) is 9.47 Å². The third kappa shape index (κ3) is 4.62. The SMILES string of the molecule is C=CCOC(=O)[C@@H]1[C@H]2C(=O)N([C@@H](CO)CC(C)C)C(C(=O)N(CC=C)C(C)CCC)C23CC[C@@]1(C)O3. The fourth-order valence-electron chi connectivity index (χ4n) is 6.80. The summed E-state index contributed by atoms with van der Waals surface area (Å²) in [6.45, 7) is 17.5. The van der Waals surface area contributed by atoms with Crippen LogP contribution in [-0.4, -0.2) is 81.8 Å². The monoisotopic (exact) mass is 504 g/mol. The second-order valence-electron chi connectivity index (χ2n) is 11.3. The largest absolute Gasteiger partial charge is 0.461 e. The van der Waals surface area contributed by atoms with Crippen LogP contribution in [0.25, 0.3) is 0 Å². The molecule has 2 bridgehead atoms. The van der Waals surface area contributed by atoms with E-state index < -0.39 is 41.1 Å². The average molecular weight is 505 g/mol. The minimum Gasteiger partial charge on any atom is -0.461 e. The molecule has 2 amide bonds. The van der Waals surface area contributed by atoms with Gasteiger partial charge in [0.05, 0.1) is 24.2 Å². The Labute approximate surface area is 215 Å². The van der Waals surface area contributed by atoms with Crippen molar-refractivity contribution in [2.24, 2.45) is 17.8 Å². The van der Waals surface area contributed by atoms with Crippen molar-refractivity contribution in [3.8, 4) is 0 Å². The maximum Gasteiger partial charge on any atom is 0.313 e. The zero-order valence-electron chi connectivity index (χ0n) is 22.6. The van der Waals surface area contributed by atoms with Gasteiger partial charge in [0, 0.05) is 12.6 Å². The smallest absolute Gasteiger partial charge is 0.313 e. The minimum atomic E-state index is -1.14. The van der Waals surface area contributed by atoms with Gasteiger partial charge >= 0.3 is 5.97 Å². The number of carbonyl (C=O) groups excluding carboxylic acids is 3. The molecule has 8 nitrogen and oxygen atoms in total. The molecule has 3 saturated heterocycles. The number of nitrogens with zero attached hydrogens (tertiary/aromatic N) is 2. The van der Waals surface area contributed by atoms with Gasteiger partial charge in [0.15, 0.2) is 0 Å². The Morgan fingerprint density at radius 2 is 1.97 bits per heavy atom. The molecule has 0 saturated carbocycles. The predicted octanol–water partition coefficient (Wildman–Crippen LogP) is 3.09. The molecule has 1 N–H and O–H groups in total. The Bertz CT molecular complexity index is 874. The standard InChI is InChI=1S/C28H44N2O6/c1-8-11-19(6)29(14-9-2)25(33)23-28-13-12-27(7,36-28)22(26(34)35-15-10-3)21(28)24(32)30(23)20(17-31)16-18(4)5/h9-10,18-23,31H,2-3,8,11-17H2,1,4-7H3/t19?,20-,21+,22+,23?,27-,28?/m1/s1. The highest BCUT2D eigenvalue weighted by Crippen LogP contribution is 2.63. The van der Waals surface area contributed by atoms with Crippen molar-refractivity contribution in [2.45, 2.75) is 96.1 Å². The third-order valence-corrected chi connectivity index (χ3v) is 8.24. The first-order chi connectivity index (χ1) is 17.0. The second-order valence-corrected chi connectivity index (χ2v) is 11.3. The van der Waals surface area contributed by atoms with Crippen LogP contribution in [0.3, 0.4) is 0 Å². The van der Waals surface area contributed by atoms with Crippen molar-refractivity contribution in [3.63, 3.8) is 0 Å². The fourth-order valence-corrected chi connectivity index (χ4v) is 6.80. The van der Waals surface area contributed by atoms with Gasteiger partial charge in [-0.2, -0.15) is 0 Å². The number of likely N-dealkylation sites (tertiary alicyclic amines) is 1. The molecule has 3 fully saturated rings. The Morgan fingerprint density at radius 3 is 2.53 bits per heavy atom. The number of fused-ring (bicyclic) bond motifs is 1. The zero-order chi connectivity index (χ0) is 26.8. The zero-order valence-corrected chi connectivity index (χ0v) is 22.6. The molecule has 0 radical (unpaired) electrons. The van der Waals surface area contributed by atoms with E-state index in [1.807, 2.05) is 27.7 Å². The first-order valence-electron chi connectivity index (χ1n) is 13.3. The van der Waals surface area contributed by atoms with E-state index >= 15 is 0 Å². The van der Waals surface area contributed by atoms with E-state index in [0.717, 1.165) is 12.8 Å². The Morgan fingerprint density at radius 1 is 1.28 bits per heavy atom. The van der Waals surface area contributed by atoms with E-state index in [0.29, 0.717) is 25.8 Å². The number of hydrogen-bond acceptors (Lipinski definition) is 6. The lowest BCUT2D eigenvalue weighted by Gasteiger charge is -2.41. The summed E-state index contributed by atoms with van der Waals surface area (Å²) in [5.74, 6) is -2.49. The van der Waals surface area contributed by atoms with E-state index in [1.54, 1.807) is 15.9 Å². The summed E-state index contributed by atoms with van der Waals surface area (Å²) in [6, 6.07) is -1.55. The molecule has 3 aliphatic rings. The normalized spacial score (nSPS) is 32.4. The first-order valence-corrected chi connectivity index (χ1v) is 13.3. The van der Waals surface area contributed by atoms with Crippen molar-refractivity contribution < 1.29 is 29.0 Å². The highest BCUT2D eigenvalue weighted by atomic mass is 16.6. The van der Waals surface area contributed by atoms with Crippen molar-refractivity contribution >= 4 is 17.8 Å². The number of ether oxygens (including phenoxy) is 2. The predicted molar refractivity (Wildman–Crippen MR) is 137 cm³/mol. The molecule has 0 aromatic carbocycles. The molecule has 3 aliphatic heterocycles. The molecule has 8 heteroatoms. The second kappa shape index (κ2) is 11.1. The summed E-state index contributed by atoms with van der Waals surface area (Å²) in [4.78, 5) is 45.1. The summed E-state index contributed by atoms with van der Waals surface area (Å²) >= 11 is 0. The highest BCUT2D eigenvalue weighted by Gasteiger charge is 2.79. The summed E-state index contributed by atoms with van der Waals surface area (Å²) in [5, 5.41) is 10.4. The maximum atomic E-state index is 14.4. The number of carbonyl (C=O) groups is 3. The Hall–Kier alpha value is -2.19. The van der Waals surface area contributed by atoms with Crippen LogP contribution in [0.4, 0.5) is 0 Å². The highest BCUT2D eigenvalue weighted by molar-refractivity contribution is 5.98. The van der Waals surface area contributed by atoms with Crippen LogP contribution in [0.5, 0.6) is 0 Å². The van der Waals surface area contributed by atoms with E-state index in [-0.39, 0.29) is 37.0 Å². The van der Waals surface area contributed by atoms with Crippen LogP contribution in [0, 0.1) is 17.8 Å². The molecule has 3 heterocycles. The van der Waals surface area contributed by atoms with Crippen LogP contribution < -0.4 is 0 Å². The van der Waals surface area contributed by atoms with Crippen LogP contribution >= 0.6 is 0 Å². The molecule has 0 aliphatic carbocycles. The molecule has 36 heavy (non-hydrogen) atoms. The van der Waals surface area contributed by atoms with Gasteiger partial charge in [0.2, 0.25) is 11.8 Å². The van der Waals surface area contributed by atoms with Crippen molar-refractivity contribution in [2.75, 3.05) is 19.8 Å². The minimum absolute atomic E-state index is 0.0413. The summed E-state index contributed by atoms with van der Waals surface area (Å²) in [5.41, 5.74) is -2.04. The Kier molecular flexibility index (Phi) is 8.71.